The van der Waals surface area contributed by atoms with Crippen LogP contribution in [0.1, 0.15) is 12.5 Å². The summed E-state index contributed by atoms with van der Waals surface area (Å²) in [6.45, 7) is 1.77. The molecule has 0 aliphatic carbocycles. The molecule has 0 saturated heterocycles. The van der Waals surface area contributed by atoms with E-state index in [9.17, 15) is 13.2 Å². The van der Waals surface area contributed by atoms with Crippen LogP contribution in [-0.4, -0.2) is 36.9 Å². The largest absolute Gasteiger partial charge is 0.497 e. The number of nitrogens with two attached hydrogens (primary N) is 1. The Hall–Kier alpha value is -2.12. The van der Waals surface area contributed by atoms with Crippen LogP contribution < -0.4 is 15.2 Å². The monoisotopic (exact) mass is 496 g/mol. The Morgan fingerprint density at radius 2 is 1.77 bits per heavy atom. The molecule has 1 heterocycles. The van der Waals surface area contributed by atoms with Gasteiger partial charge in [0.25, 0.3) is 0 Å². The second-order valence-corrected chi connectivity index (χ2v) is 11.6. The van der Waals surface area contributed by atoms with Crippen LogP contribution in [0, 0.1) is 0 Å². The van der Waals surface area contributed by atoms with E-state index in [4.69, 9.17) is 9.88 Å². The molecule has 1 amide bonds. The van der Waals surface area contributed by atoms with E-state index in [1.807, 2.05) is 24.3 Å². The summed E-state index contributed by atoms with van der Waals surface area (Å²) in [4.78, 5) is 12.4. The van der Waals surface area contributed by atoms with Crippen molar-refractivity contribution in [1.82, 2.24) is 10.2 Å². The number of nitrogens with zero attached hydrogens (tertiary/aromatic N) is 2. The maximum Gasteiger partial charge on any atom is 0.238 e. The summed E-state index contributed by atoms with van der Waals surface area (Å²) in [5.74, 6) is 1.35. The number of nitrogens with one attached hydrogen (secondary N) is 1. The van der Waals surface area contributed by atoms with Gasteiger partial charge < -0.3 is 10.1 Å². The molecule has 31 heavy (non-hydrogen) atoms. The first-order valence-corrected chi connectivity index (χ1v) is 13.2. The van der Waals surface area contributed by atoms with Gasteiger partial charge in [0.2, 0.25) is 15.9 Å². The molecule has 3 aromatic rings. The van der Waals surface area contributed by atoms with Gasteiger partial charge in [0, 0.05) is 11.4 Å². The van der Waals surface area contributed by atoms with E-state index in [1.165, 1.54) is 47.4 Å². The number of aromatic nitrogens is 2. The summed E-state index contributed by atoms with van der Waals surface area (Å²) in [5.41, 5.74) is 1.63. The summed E-state index contributed by atoms with van der Waals surface area (Å²) in [5, 5.41) is 15.7. The Balaban J connectivity index is 1.51. The molecule has 1 atom stereocenters. The zero-order valence-corrected chi connectivity index (χ0v) is 19.9. The molecule has 1 aromatic heterocycles. The minimum Gasteiger partial charge on any atom is -0.497 e. The number of anilines is 1. The van der Waals surface area contributed by atoms with Gasteiger partial charge in [-0.05, 0) is 48.9 Å². The van der Waals surface area contributed by atoms with Gasteiger partial charge in [-0.1, -0.05) is 47.0 Å². The molecule has 3 N–H and O–H groups in total. The number of methoxy groups -OCH3 is 1. The number of thioether (sulfide) groups is 2. The third-order valence-corrected chi connectivity index (χ3v) is 8.25. The van der Waals surface area contributed by atoms with Gasteiger partial charge in [0.1, 0.15) is 5.75 Å². The van der Waals surface area contributed by atoms with Crippen LogP contribution in [0.3, 0.4) is 0 Å². The molecule has 3 rings (SSSR count). The van der Waals surface area contributed by atoms with Crippen molar-refractivity contribution in [2.45, 2.75) is 31.5 Å². The molecule has 0 radical (unpaired) electrons. The minimum atomic E-state index is -3.77. The van der Waals surface area contributed by atoms with Gasteiger partial charge in [-0.15, -0.1) is 10.2 Å². The van der Waals surface area contributed by atoms with E-state index in [1.54, 1.807) is 25.8 Å². The predicted octanol–water partition coefficient (Wildman–Crippen LogP) is 3.61. The molecule has 0 aliphatic heterocycles. The summed E-state index contributed by atoms with van der Waals surface area (Å²) < 4.78 is 29.3. The second-order valence-electron chi connectivity index (χ2n) is 6.29. The average Bonchev–Trinajstić information content (AvgIpc) is 3.19. The Bertz CT molecular complexity index is 1130. The fourth-order valence-corrected chi connectivity index (χ4v) is 5.98. The highest BCUT2D eigenvalue weighted by Crippen LogP contribution is 2.33. The van der Waals surface area contributed by atoms with Crippen molar-refractivity contribution in [1.29, 1.82) is 0 Å². The van der Waals surface area contributed by atoms with E-state index in [0.717, 1.165) is 21.4 Å². The Morgan fingerprint density at radius 3 is 2.39 bits per heavy atom. The van der Waals surface area contributed by atoms with Crippen molar-refractivity contribution in [2.75, 3.05) is 12.4 Å². The smallest absolute Gasteiger partial charge is 0.238 e. The lowest BCUT2D eigenvalue weighted by molar-refractivity contribution is -0.115. The van der Waals surface area contributed by atoms with Crippen molar-refractivity contribution >= 4 is 56.5 Å². The topological polar surface area (TPSA) is 124 Å². The predicted molar refractivity (Wildman–Crippen MR) is 124 cm³/mol. The first kappa shape index (κ1) is 23.5. The average molecular weight is 497 g/mol. The Labute approximate surface area is 193 Å². The van der Waals surface area contributed by atoms with Crippen LogP contribution in [0.5, 0.6) is 5.75 Å². The molecule has 0 spiro atoms. The third kappa shape index (κ3) is 6.94. The first-order chi connectivity index (χ1) is 14.7. The first-order valence-electron chi connectivity index (χ1n) is 8.94. The quantitative estimate of drug-likeness (QED) is 0.431. The number of hydrogen-bond acceptors (Lipinski definition) is 9. The highest BCUT2D eigenvalue weighted by atomic mass is 32.2. The Kier molecular flexibility index (Phi) is 7.94. The lowest BCUT2D eigenvalue weighted by Gasteiger charge is -2.10. The molecule has 164 valence electrons. The number of ether oxygens (including phenoxy) is 1. The molecule has 2 aromatic carbocycles. The van der Waals surface area contributed by atoms with E-state index >= 15 is 0 Å². The molecule has 0 saturated carbocycles. The maximum atomic E-state index is 12.4. The van der Waals surface area contributed by atoms with Gasteiger partial charge in [-0.2, -0.15) is 0 Å². The van der Waals surface area contributed by atoms with E-state index < -0.39 is 15.3 Å². The van der Waals surface area contributed by atoms with Gasteiger partial charge in [-0.25, -0.2) is 13.6 Å². The molecule has 0 unspecified atom stereocenters. The fraction of sp³-hybridized carbons (Fsp3) is 0.211. The standard InChI is InChI=1S/C19H20N4O4S4/c1-12(17(24)21-14-5-9-16(10-6-14)31(20,25)26)29-19-23-22-18(30-19)28-11-13-3-7-15(27-2)8-4-13/h3-10,12H,11H2,1-2H3,(H,21,24)(H2,20,25,26)/t12-/m1/s1. The number of carbonyl (C=O) groups is 1. The number of primary sulfonamides is 1. The van der Waals surface area contributed by atoms with Crippen molar-refractivity contribution in [3.63, 3.8) is 0 Å². The van der Waals surface area contributed by atoms with Crippen LogP contribution >= 0.6 is 34.9 Å². The van der Waals surface area contributed by atoms with Gasteiger partial charge in [0.15, 0.2) is 8.68 Å². The molecule has 0 bridgehead atoms. The molecular formula is C19H20N4O4S4. The van der Waals surface area contributed by atoms with Crippen molar-refractivity contribution in [2.24, 2.45) is 5.14 Å². The highest BCUT2D eigenvalue weighted by molar-refractivity contribution is 8.03. The summed E-state index contributed by atoms with van der Waals surface area (Å²) in [6.07, 6.45) is 0. The van der Waals surface area contributed by atoms with Crippen LogP contribution in [0.15, 0.2) is 62.1 Å². The van der Waals surface area contributed by atoms with Crippen molar-refractivity contribution < 1.29 is 17.9 Å². The van der Waals surface area contributed by atoms with Crippen LogP contribution in [-0.2, 0) is 20.6 Å². The third-order valence-electron chi connectivity index (χ3n) is 4.01. The number of sulfonamides is 1. The zero-order valence-electron chi connectivity index (χ0n) is 16.6. The number of amides is 1. The molecular weight excluding hydrogens is 477 g/mol. The van der Waals surface area contributed by atoms with E-state index in [0.29, 0.717) is 10.0 Å². The summed E-state index contributed by atoms with van der Waals surface area (Å²) in [6, 6.07) is 13.5. The Morgan fingerprint density at radius 1 is 1.13 bits per heavy atom. The lowest BCUT2D eigenvalue weighted by atomic mass is 10.2. The second kappa shape index (κ2) is 10.5. The van der Waals surface area contributed by atoms with E-state index in [2.05, 4.69) is 15.5 Å². The van der Waals surface area contributed by atoms with Gasteiger partial charge in [0.05, 0.1) is 17.3 Å². The lowest BCUT2D eigenvalue weighted by Crippen LogP contribution is -2.22. The number of rotatable bonds is 9. The normalized spacial score (nSPS) is 12.4. The fourth-order valence-electron chi connectivity index (χ4n) is 2.35. The summed E-state index contributed by atoms with van der Waals surface area (Å²) in [7, 11) is -2.13. The van der Waals surface area contributed by atoms with Gasteiger partial charge >= 0.3 is 0 Å². The summed E-state index contributed by atoms with van der Waals surface area (Å²) >= 11 is 4.33. The van der Waals surface area contributed by atoms with E-state index in [-0.39, 0.29) is 10.8 Å². The number of benzene rings is 2. The molecule has 0 fully saturated rings. The maximum absolute atomic E-state index is 12.4. The van der Waals surface area contributed by atoms with Crippen LogP contribution in [0.4, 0.5) is 5.69 Å². The molecule has 0 aliphatic rings. The van der Waals surface area contributed by atoms with Gasteiger partial charge in [-0.3, -0.25) is 4.79 Å². The SMILES string of the molecule is COc1ccc(CSc2nnc(S[C@H](C)C(=O)Nc3ccc(S(N)(=O)=O)cc3)s2)cc1. The molecule has 12 heteroatoms. The molecule has 8 nitrogen and oxygen atoms in total. The van der Waals surface area contributed by atoms with Crippen LogP contribution in [0.25, 0.3) is 0 Å². The van der Waals surface area contributed by atoms with Crippen molar-refractivity contribution in [3.05, 3.63) is 54.1 Å². The minimum absolute atomic E-state index is 0.0125. The highest BCUT2D eigenvalue weighted by Gasteiger charge is 2.18. The number of carbonyl (C=O) groups excluding carboxylic acids is 1. The zero-order chi connectivity index (χ0) is 22.4. The van der Waals surface area contributed by atoms with Crippen molar-refractivity contribution in [3.8, 4) is 5.75 Å². The van der Waals surface area contributed by atoms with Crippen LogP contribution in [0.2, 0.25) is 0 Å². The number of hydrogen-bond donors (Lipinski definition) is 2.